The Kier molecular flexibility index (Phi) is 6.86. The van der Waals surface area contributed by atoms with Crippen LogP contribution in [0.5, 0.6) is 17.2 Å². The van der Waals surface area contributed by atoms with E-state index in [2.05, 4.69) is 27.3 Å². The minimum absolute atomic E-state index is 0.0800. The molecule has 31 heavy (non-hydrogen) atoms. The van der Waals surface area contributed by atoms with E-state index in [1.54, 1.807) is 32.4 Å². The third-order valence-electron chi connectivity index (χ3n) is 5.47. The van der Waals surface area contributed by atoms with E-state index in [9.17, 15) is 10.1 Å². The van der Waals surface area contributed by atoms with Gasteiger partial charge in [0.2, 0.25) is 11.8 Å². The fraction of sp³-hybridized carbons (Fsp3) is 0.348. The van der Waals surface area contributed by atoms with Crippen molar-refractivity contribution in [2.24, 2.45) is 11.8 Å². The lowest BCUT2D eigenvalue weighted by Crippen LogP contribution is -2.31. The lowest BCUT2D eigenvalue weighted by atomic mass is 9.79. The summed E-state index contributed by atoms with van der Waals surface area (Å²) in [5, 5.41) is 21.0. The monoisotopic (exact) mass is 485 g/mol. The molecule has 162 valence electrons. The van der Waals surface area contributed by atoms with E-state index < -0.39 is 11.8 Å². The molecule has 7 nitrogen and oxygen atoms in total. The van der Waals surface area contributed by atoms with Crippen molar-refractivity contribution in [3.05, 3.63) is 45.9 Å². The summed E-state index contributed by atoms with van der Waals surface area (Å²) >= 11 is 3.50. The first-order valence-corrected chi connectivity index (χ1v) is 10.7. The number of hydrogen-bond acceptors (Lipinski definition) is 6. The molecule has 3 unspecified atom stereocenters. The Bertz CT molecular complexity index is 1060. The molecule has 1 amide bonds. The lowest BCUT2D eigenvalue weighted by Gasteiger charge is -2.31. The van der Waals surface area contributed by atoms with Gasteiger partial charge in [-0.05, 0) is 46.1 Å². The molecular weight excluding hydrogens is 462 g/mol. The molecule has 3 atom stereocenters. The Morgan fingerprint density at radius 2 is 2.06 bits per heavy atom. The van der Waals surface area contributed by atoms with Crippen molar-refractivity contribution in [1.29, 1.82) is 10.7 Å². The van der Waals surface area contributed by atoms with E-state index in [1.165, 1.54) is 0 Å². The van der Waals surface area contributed by atoms with E-state index in [0.717, 1.165) is 17.5 Å². The number of benzene rings is 2. The Morgan fingerprint density at radius 1 is 1.32 bits per heavy atom. The largest absolute Gasteiger partial charge is 0.493 e. The minimum Gasteiger partial charge on any atom is -0.493 e. The van der Waals surface area contributed by atoms with Crippen LogP contribution < -0.4 is 19.5 Å². The number of nitriles is 1. The summed E-state index contributed by atoms with van der Waals surface area (Å²) in [6.07, 6.45) is 0.734. The number of fused-ring (bicyclic) bond motifs is 1. The number of amides is 1. The van der Waals surface area contributed by atoms with Crippen molar-refractivity contribution in [3.8, 4) is 23.3 Å². The van der Waals surface area contributed by atoms with Gasteiger partial charge in [0.15, 0.2) is 11.5 Å². The van der Waals surface area contributed by atoms with Gasteiger partial charge in [0.1, 0.15) is 11.7 Å². The van der Waals surface area contributed by atoms with Crippen molar-refractivity contribution in [1.82, 2.24) is 0 Å². The highest BCUT2D eigenvalue weighted by Crippen LogP contribution is 2.46. The maximum atomic E-state index is 12.3. The second-order valence-electron chi connectivity index (χ2n) is 7.34. The van der Waals surface area contributed by atoms with E-state index >= 15 is 0 Å². The molecule has 2 aromatic carbocycles. The van der Waals surface area contributed by atoms with Crippen LogP contribution >= 0.6 is 15.9 Å². The topological polar surface area (TPSA) is 104 Å². The molecule has 0 saturated heterocycles. The van der Waals surface area contributed by atoms with Crippen LogP contribution in [0.15, 0.2) is 34.8 Å². The van der Waals surface area contributed by atoms with Crippen molar-refractivity contribution in [2.45, 2.75) is 26.2 Å². The minimum atomic E-state index is -0.807. The highest BCUT2D eigenvalue weighted by Gasteiger charge is 2.37. The van der Waals surface area contributed by atoms with Crippen LogP contribution in [0.25, 0.3) is 0 Å². The molecule has 0 aromatic heterocycles. The van der Waals surface area contributed by atoms with Gasteiger partial charge in [-0.1, -0.05) is 19.9 Å². The second kappa shape index (κ2) is 9.40. The van der Waals surface area contributed by atoms with Crippen molar-refractivity contribution >= 4 is 33.4 Å². The summed E-state index contributed by atoms with van der Waals surface area (Å²) in [5.41, 5.74) is 2.12. The van der Waals surface area contributed by atoms with Crippen molar-refractivity contribution in [3.63, 3.8) is 0 Å². The van der Waals surface area contributed by atoms with E-state index in [1.807, 2.05) is 26.0 Å². The van der Waals surface area contributed by atoms with Gasteiger partial charge in [-0.15, -0.1) is 0 Å². The number of carbonyl (C=O) groups is 1. The third kappa shape index (κ3) is 4.37. The van der Waals surface area contributed by atoms with Crippen molar-refractivity contribution in [2.75, 3.05) is 19.5 Å². The number of anilines is 1. The first kappa shape index (κ1) is 22.6. The molecule has 0 bridgehead atoms. The Hall–Kier alpha value is -3.05. The van der Waals surface area contributed by atoms with Crippen LogP contribution in [-0.4, -0.2) is 26.0 Å². The number of hydrogen-bond donors (Lipinski definition) is 2. The second-order valence-corrected chi connectivity index (χ2v) is 8.19. The van der Waals surface area contributed by atoms with Gasteiger partial charge in [0.05, 0.1) is 24.8 Å². The normalized spacial score (nSPS) is 18.3. The molecule has 3 rings (SSSR count). The number of nitrogens with zero attached hydrogens (tertiary/aromatic N) is 1. The smallest absolute Gasteiger partial charge is 0.227 e. The summed E-state index contributed by atoms with van der Waals surface area (Å²) in [5.74, 6) is -0.0927. The molecule has 8 heteroatoms. The molecule has 0 radical (unpaired) electrons. The van der Waals surface area contributed by atoms with Gasteiger partial charge in [0.25, 0.3) is 0 Å². The number of rotatable bonds is 6. The zero-order chi connectivity index (χ0) is 22.7. The molecule has 0 aliphatic carbocycles. The van der Waals surface area contributed by atoms with Gasteiger partial charge in [0, 0.05) is 29.2 Å². The quantitative estimate of drug-likeness (QED) is 0.592. The van der Waals surface area contributed by atoms with E-state index in [4.69, 9.17) is 19.6 Å². The summed E-state index contributed by atoms with van der Waals surface area (Å²) in [7, 11) is 3.09. The fourth-order valence-corrected chi connectivity index (χ4v) is 4.17. The first-order chi connectivity index (χ1) is 14.8. The molecule has 0 spiro atoms. The number of methoxy groups -OCH3 is 2. The lowest BCUT2D eigenvalue weighted by molar-refractivity contribution is -0.119. The van der Waals surface area contributed by atoms with Crippen molar-refractivity contribution < 1.29 is 19.0 Å². The van der Waals surface area contributed by atoms with E-state index in [0.29, 0.717) is 27.4 Å². The number of carbonyl (C=O) groups excluding carboxylic acids is 1. The highest BCUT2D eigenvalue weighted by molar-refractivity contribution is 9.10. The average molecular weight is 486 g/mol. The first-order valence-electron chi connectivity index (χ1n) is 9.86. The SMILES string of the molecule is CCC(C)C(=O)Nc1ccc2c(c1)OC(=N)C(C#N)C2c1cc(Br)c(OC)c(OC)c1. The van der Waals surface area contributed by atoms with Crippen LogP contribution in [0.3, 0.4) is 0 Å². The highest BCUT2D eigenvalue weighted by atomic mass is 79.9. The molecule has 1 heterocycles. The van der Waals surface area contributed by atoms with Gasteiger partial charge in [-0.2, -0.15) is 5.26 Å². The summed E-state index contributed by atoms with van der Waals surface area (Å²) in [4.78, 5) is 12.3. The third-order valence-corrected chi connectivity index (χ3v) is 6.05. The zero-order valence-electron chi connectivity index (χ0n) is 17.8. The van der Waals surface area contributed by atoms with Gasteiger partial charge in [-0.25, -0.2) is 0 Å². The van der Waals surface area contributed by atoms with E-state index in [-0.39, 0.29) is 17.7 Å². The molecule has 0 saturated carbocycles. The maximum Gasteiger partial charge on any atom is 0.227 e. The summed E-state index contributed by atoms with van der Waals surface area (Å²) in [6.45, 7) is 3.82. The molecular formula is C23H24BrN3O4. The maximum absolute atomic E-state index is 12.3. The average Bonchev–Trinajstić information content (AvgIpc) is 2.76. The molecule has 1 aliphatic heterocycles. The predicted octanol–water partition coefficient (Wildman–Crippen LogP) is 5.09. The Labute approximate surface area is 189 Å². The number of halogens is 1. The van der Waals surface area contributed by atoms with Crippen LogP contribution in [0, 0.1) is 28.6 Å². The Morgan fingerprint density at radius 3 is 2.68 bits per heavy atom. The standard InChI is InChI=1S/C23H24BrN3O4/c1-5-12(2)23(28)27-14-6-7-15-18(10-14)31-22(26)16(11-25)20(15)13-8-17(24)21(30-4)19(9-13)29-3/h6-10,12,16,20,26H,5H2,1-4H3,(H,27,28). The zero-order valence-corrected chi connectivity index (χ0v) is 19.4. The Balaban J connectivity index is 2.08. The molecule has 0 fully saturated rings. The van der Waals surface area contributed by atoms with Gasteiger partial charge < -0.3 is 19.5 Å². The van der Waals surface area contributed by atoms with Gasteiger partial charge in [-0.3, -0.25) is 10.2 Å². The summed E-state index contributed by atoms with van der Waals surface area (Å²) in [6, 6.07) is 11.2. The van der Waals surface area contributed by atoms with Crippen LogP contribution in [-0.2, 0) is 4.79 Å². The van der Waals surface area contributed by atoms with Crippen LogP contribution in [0.2, 0.25) is 0 Å². The molecule has 2 aromatic rings. The molecule has 2 N–H and O–H groups in total. The summed E-state index contributed by atoms with van der Waals surface area (Å²) < 4.78 is 17.2. The van der Waals surface area contributed by atoms with Crippen LogP contribution in [0.4, 0.5) is 5.69 Å². The molecule has 1 aliphatic rings. The van der Waals surface area contributed by atoms with Crippen LogP contribution in [0.1, 0.15) is 37.3 Å². The predicted molar refractivity (Wildman–Crippen MR) is 121 cm³/mol. The number of nitrogens with one attached hydrogen (secondary N) is 2. The van der Waals surface area contributed by atoms with Gasteiger partial charge >= 0.3 is 0 Å². The number of ether oxygens (including phenoxy) is 3. The fourth-order valence-electron chi connectivity index (χ4n) is 3.54.